The number of benzene rings is 1. The molecule has 0 atom stereocenters. The van der Waals surface area contributed by atoms with Crippen LogP contribution in [0.1, 0.15) is 32.3 Å². The summed E-state index contributed by atoms with van der Waals surface area (Å²) >= 11 is 0. The van der Waals surface area contributed by atoms with Crippen molar-refractivity contribution >= 4 is 0 Å². The summed E-state index contributed by atoms with van der Waals surface area (Å²) in [6.45, 7) is 5.65. The van der Waals surface area contributed by atoms with Crippen LogP contribution in [0.25, 0.3) is 0 Å². The fourth-order valence-corrected chi connectivity index (χ4v) is 2.55. The number of aliphatic hydroxyl groups is 1. The largest absolute Gasteiger partial charge is 0.385 e. The molecule has 1 saturated heterocycles. The van der Waals surface area contributed by atoms with Crippen molar-refractivity contribution in [1.29, 1.82) is 0 Å². The van der Waals surface area contributed by atoms with Crippen molar-refractivity contribution in [2.45, 2.75) is 38.3 Å². The molecule has 0 amide bonds. The lowest BCUT2D eigenvalue weighted by molar-refractivity contribution is -0.0348. The van der Waals surface area contributed by atoms with Crippen LogP contribution in [0.3, 0.4) is 0 Å². The molecule has 0 spiro atoms. The quantitative estimate of drug-likeness (QED) is 0.878. The molecule has 1 fully saturated rings. The maximum atomic E-state index is 13.7. The summed E-state index contributed by atoms with van der Waals surface area (Å²) in [6.07, 6.45) is 0.960. The highest BCUT2D eigenvalue weighted by Crippen LogP contribution is 2.34. The van der Waals surface area contributed by atoms with E-state index in [0.717, 1.165) is 19.2 Å². The van der Waals surface area contributed by atoms with Crippen molar-refractivity contribution < 1.29 is 13.9 Å². The highest BCUT2D eigenvalue weighted by molar-refractivity contribution is 5.25. The Hall–Kier alpha value is -1.00. The number of piperidine rings is 1. The van der Waals surface area contributed by atoms with Gasteiger partial charge in [-0.25, -0.2) is 8.78 Å². The van der Waals surface area contributed by atoms with Crippen LogP contribution in [0.5, 0.6) is 0 Å². The topological polar surface area (TPSA) is 23.5 Å². The lowest BCUT2D eigenvalue weighted by Gasteiger charge is -2.40. The van der Waals surface area contributed by atoms with E-state index in [1.807, 2.05) is 0 Å². The Kier molecular flexibility index (Phi) is 3.69. The van der Waals surface area contributed by atoms with Crippen LogP contribution in [-0.2, 0) is 5.60 Å². The molecule has 1 aliphatic rings. The summed E-state index contributed by atoms with van der Waals surface area (Å²) in [7, 11) is 0. The molecule has 1 N–H and O–H groups in total. The van der Waals surface area contributed by atoms with E-state index in [9.17, 15) is 13.9 Å². The smallest absolute Gasteiger partial charge is 0.132 e. The molecule has 0 unspecified atom stereocenters. The second-order valence-electron chi connectivity index (χ2n) is 5.29. The Morgan fingerprint density at radius 2 is 1.83 bits per heavy atom. The third kappa shape index (κ3) is 2.54. The number of rotatable bonds is 2. The molecule has 0 aliphatic carbocycles. The van der Waals surface area contributed by atoms with Crippen molar-refractivity contribution in [2.75, 3.05) is 13.1 Å². The van der Waals surface area contributed by atoms with Gasteiger partial charge in [-0.3, -0.25) is 0 Å². The SMILES string of the molecule is CC(C)N1CCC(O)(c2ccc(F)cc2F)CC1. The van der Waals surface area contributed by atoms with Crippen LogP contribution in [0.2, 0.25) is 0 Å². The molecule has 0 aromatic heterocycles. The molecule has 0 saturated carbocycles. The van der Waals surface area contributed by atoms with E-state index in [1.165, 1.54) is 12.1 Å². The van der Waals surface area contributed by atoms with E-state index >= 15 is 0 Å². The fraction of sp³-hybridized carbons (Fsp3) is 0.571. The van der Waals surface area contributed by atoms with Crippen LogP contribution in [0.4, 0.5) is 8.78 Å². The van der Waals surface area contributed by atoms with E-state index in [4.69, 9.17) is 0 Å². The number of halogens is 2. The van der Waals surface area contributed by atoms with E-state index in [2.05, 4.69) is 18.7 Å². The molecule has 1 heterocycles. The Morgan fingerprint density at radius 1 is 1.22 bits per heavy atom. The predicted octanol–water partition coefficient (Wildman–Crippen LogP) is 2.66. The van der Waals surface area contributed by atoms with Gasteiger partial charge in [0.25, 0.3) is 0 Å². The van der Waals surface area contributed by atoms with Gasteiger partial charge in [0.1, 0.15) is 11.6 Å². The summed E-state index contributed by atoms with van der Waals surface area (Å²) in [5.74, 6) is -1.27. The average Bonchev–Trinajstić information content (AvgIpc) is 2.29. The maximum Gasteiger partial charge on any atom is 0.132 e. The molecular formula is C14H19F2NO. The zero-order valence-corrected chi connectivity index (χ0v) is 10.8. The lowest BCUT2D eigenvalue weighted by Crippen LogP contribution is -2.45. The summed E-state index contributed by atoms with van der Waals surface area (Å²) in [4.78, 5) is 2.25. The second kappa shape index (κ2) is 4.94. The highest BCUT2D eigenvalue weighted by atomic mass is 19.1. The molecule has 1 aromatic rings. The fourth-order valence-electron chi connectivity index (χ4n) is 2.55. The van der Waals surface area contributed by atoms with Gasteiger partial charge in [-0.1, -0.05) is 6.07 Å². The van der Waals surface area contributed by atoms with Gasteiger partial charge in [-0.15, -0.1) is 0 Å². The van der Waals surface area contributed by atoms with E-state index in [1.54, 1.807) is 0 Å². The second-order valence-corrected chi connectivity index (χ2v) is 5.29. The van der Waals surface area contributed by atoms with Gasteiger partial charge in [0.2, 0.25) is 0 Å². The first kappa shape index (κ1) is 13.4. The molecule has 1 aliphatic heterocycles. The maximum absolute atomic E-state index is 13.7. The number of hydrogen-bond donors (Lipinski definition) is 1. The molecule has 2 nitrogen and oxygen atoms in total. The number of hydrogen-bond acceptors (Lipinski definition) is 2. The van der Waals surface area contributed by atoms with Crippen LogP contribution in [-0.4, -0.2) is 29.1 Å². The summed E-state index contributed by atoms with van der Waals surface area (Å²) < 4.78 is 26.6. The molecule has 18 heavy (non-hydrogen) atoms. The van der Waals surface area contributed by atoms with E-state index in [-0.39, 0.29) is 5.56 Å². The Labute approximate surface area is 106 Å². The first-order valence-corrected chi connectivity index (χ1v) is 6.34. The first-order valence-electron chi connectivity index (χ1n) is 6.34. The molecule has 100 valence electrons. The van der Waals surface area contributed by atoms with Crippen molar-refractivity contribution in [3.8, 4) is 0 Å². The van der Waals surface area contributed by atoms with Crippen molar-refractivity contribution in [1.82, 2.24) is 4.90 Å². The number of likely N-dealkylation sites (tertiary alicyclic amines) is 1. The third-order valence-corrected chi connectivity index (χ3v) is 3.79. The van der Waals surface area contributed by atoms with Crippen LogP contribution in [0, 0.1) is 11.6 Å². The minimum absolute atomic E-state index is 0.215. The molecular weight excluding hydrogens is 236 g/mol. The Morgan fingerprint density at radius 3 is 2.33 bits per heavy atom. The van der Waals surface area contributed by atoms with Gasteiger partial charge >= 0.3 is 0 Å². The lowest BCUT2D eigenvalue weighted by atomic mass is 9.84. The Bertz CT molecular complexity index is 426. The van der Waals surface area contributed by atoms with Crippen molar-refractivity contribution in [2.24, 2.45) is 0 Å². The summed E-state index contributed by atoms with van der Waals surface area (Å²) in [6, 6.07) is 3.82. The van der Waals surface area contributed by atoms with Gasteiger partial charge in [0, 0.05) is 30.8 Å². The van der Waals surface area contributed by atoms with Gasteiger partial charge in [0.05, 0.1) is 5.60 Å². The van der Waals surface area contributed by atoms with E-state index in [0.29, 0.717) is 18.9 Å². The number of nitrogens with zero attached hydrogens (tertiary/aromatic N) is 1. The van der Waals surface area contributed by atoms with Crippen LogP contribution >= 0.6 is 0 Å². The van der Waals surface area contributed by atoms with E-state index < -0.39 is 17.2 Å². The average molecular weight is 255 g/mol. The van der Waals surface area contributed by atoms with Crippen molar-refractivity contribution in [3.63, 3.8) is 0 Å². The van der Waals surface area contributed by atoms with Crippen LogP contribution in [0.15, 0.2) is 18.2 Å². The zero-order chi connectivity index (χ0) is 13.3. The monoisotopic (exact) mass is 255 g/mol. The molecule has 0 bridgehead atoms. The van der Waals surface area contributed by atoms with Gasteiger partial charge in [-0.05, 0) is 32.8 Å². The van der Waals surface area contributed by atoms with Crippen LogP contribution < -0.4 is 0 Å². The summed E-state index contributed by atoms with van der Waals surface area (Å²) in [5.41, 5.74) is -0.948. The van der Waals surface area contributed by atoms with Crippen molar-refractivity contribution in [3.05, 3.63) is 35.4 Å². The highest BCUT2D eigenvalue weighted by Gasteiger charge is 2.36. The molecule has 2 rings (SSSR count). The van der Waals surface area contributed by atoms with Gasteiger partial charge in [0.15, 0.2) is 0 Å². The van der Waals surface area contributed by atoms with Gasteiger partial charge in [-0.2, -0.15) is 0 Å². The third-order valence-electron chi connectivity index (χ3n) is 3.79. The Balaban J connectivity index is 2.18. The summed E-state index contributed by atoms with van der Waals surface area (Å²) in [5, 5.41) is 10.5. The predicted molar refractivity (Wildman–Crippen MR) is 66.2 cm³/mol. The molecule has 4 heteroatoms. The normalized spacial score (nSPS) is 20.3. The molecule has 0 radical (unpaired) electrons. The zero-order valence-electron chi connectivity index (χ0n) is 10.8. The minimum atomic E-state index is -1.16. The standard InChI is InChI=1S/C14H19F2NO/c1-10(2)17-7-5-14(18,6-8-17)12-4-3-11(15)9-13(12)16/h3-4,9-10,18H,5-8H2,1-2H3. The van der Waals surface area contributed by atoms with Gasteiger partial charge < -0.3 is 10.0 Å². The first-order chi connectivity index (χ1) is 8.42. The molecule has 1 aromatic carbocycles. The minimum Gasteiger partial charge on any atom is -0.385 e.